The van der Waals surface area contributed by atoms with E-state index in [0.717, 1.165) is 5.56 Å². The van der Waals surface area contributed by atoms with E-state index in [1.165, 1.54) is 23.3 Å². The van der Waals surface area contributed by atoms with Crippen LogP contribution in [-0.4, -0.2) is 37.5 Å². The summed E-state index contributed by atoms with van der Waals surface area (Å²) in [6, 6.07) is 6.91. The van der Waals surface area contributed by atoms with E-state index >= 15 is 0 Å². The van der Waals surface area contributed by atoms with Gasteiger partial charge in [0.05, 0.1) is 29.5 Å². The topological polar surface area (TPSA) is 117 Å². The summed E-state index contributed by atoms with van der Waals surface area (Å²) in [4.78, 5) is 22.4. The number of hydrogen-bond acceptors (Lipinski definition) is 6. The molecule has 1 N–H and O–H groups in total. The van der Waals surface area contributed by atoms with E-state index < -0.39 is 4.92 Å². The molecule has 3 rings (SSSR count). The average Bonchev–Trinajstić information content (AvgIpc) is 3.26. The van der Waals surface area contributed by atoms with E-state index in [1.54, 1.807) is 42.3 Å². The monoisotopic (exact) mass is 356 g/mol. The van der Waals surface area contributed by atoms with Crippen LogP contribution in [0.25, 0.3) is 0 Å². The largest absolute Gasteiger partial charge is 0.362 e. The van der Waals surface area contributed by atoms with Gasteiger partial charge in [-0.1, -0.05) is 12.1 Å². The molecule has 2 heterocycles. The molecular formula is C16H16N6O4. The second-order valence-electron chi connectivity index (χ2n) is 5.49. The van der Waals surface area contributed by atoms with Crippen LogP contribution in [0.3, 0.4) is 0 Å². The fourth-order valence-corrected chi connectivity index (χ4v) is 2.32. The number of anilines is 1. The maximum atomic E-state index is 12.3. The molecule has 10 nitrogen and oxygen atoms in total. The van der Waals surface area contributed by atoms with Crippen molar-refractivity contribution in [2.24, 2.45) is 0 Å². The summed E-state index contributed by atoms with van der Waals surface area (Å²) in [7, 11) is 1.56. The van der Waals surface area contributed by atoms with Crippen LogP contribution in [0.2, 0.25) is 0 Å². The SMILES string of the molecule is COCn1cc(NC(=O)c2ccc(Cn3cc([N+](=O)[O-])cn3)cc2)cn1. The minimum absolute atomic E-state index is 0.0602. The van der Waals surface area contributed by atoms with Gasteiger partial charge in [0.15, 0.2) is 0 Å². The second kappa shape index (κ2) is 7.57. The summed E-state index contributed by atoms with van der Waals surface area (Å²) >= 11 is 0. The summed E-state index contributed by atoms with van der Waals surface area (Å²) in [6.45, 7) is 0.676. The molecule has 0 saturated carbocycles. The number of nitrogens with one attached hydrogen (secondary N) is 1. The number of amides is 1. The molecule has 1 amide bonds. The molecule has 0 aliphatic carbocycles. The van der Waals surface area contributed by atoms with Crippen LogP contribution in [0.4, 0.5) is 11.4 Å². The van der Waals surface area contributed by atoms with Gasteiger partial charge in [-0.25, -0.2) is 4.68 Å². The van der Waals surface area contributed by atoms with Gasteiger partial charge in [0, 0.05) is 12.7 Å². The fourth-order valence-electron chi connectivity index (χ4n) is 2.32. The van der Waals surface area contributed by atoms with Crippen molar-refractivity contribution in [1.29, 1.82) is 0 Å². The number of benzene rings is 1. The Labute approximate surface area is 148 Å². The van der Waals surface area contributed by atoms with Crippen LogP contribution < -0.4 is 5.32 Å². The molecule has 0 atom stereocenters. The zero-order chi connectivity index (χ0) is 18.5. The molecule has 10 heteroatoms. The van der Waals surface area contributed by atoms with Crippen LogP contribution in [0.1, 0.15) is 15.9 Å². The Hall–Kier alpha value is -3.53. The standard InChI is InChI=1S/C16H16N6O4/c1-26-11-21-9-14(6-17-21)19-16(23)13-4-2-12(3-5-13)8-20-10-15(7-18-20)22(24)25/h2-7,9-10H,8,11H2,1H3,(H,19,23). The molecular weight excluding hydrogens is 340 g/mol. The molecule has 0 radical (unpaired) electrons. The minimum Gasteiger partial charge on any atom is -0.362 e. The Morgan fingerprint density at radius 1 is 1.19 bits per heavy atom. The number of rotatable bonds is 7. The van der Waals surface area contributed by atoms with Crippen molar-refractivity contribution in [3.63, 3.8) is 0 Å². The molecule has 134 valence electrons. The Kier molecular flexibility index (Phi) is 5.04. The van der Waals surface area contributed by atoms with Crippen molar-refractivity contribution in [1.82, 2.24) is 19.6 Å². The molecule has 0 aliphatic heterocycles. The van der Waals surface area contributed by atoms with Crippen molar-refractivity contribution in [3.05, 3.63) is 70.3 Å². The first-order valence-electron chi connectivity index (χ1n) is 7.63. The zero-order valence-electron chi connectivity index (χ0n) is 13.9. The molecule has 0 aliphatic rings. The molecule has 26 heavy (non-hydrogen) atoms. The van der Waals surface area contributed by atoms with Gasteiger partial charge in [-0.15, -0.1) is 0 Å². The number of methoxy groups -OCH3 is 1. The smallest absolute Gasteiger partial charge is 0.307 e. The van der Waals surface area contributed by atoms with E-state index in [-0.39, 0.29) is 11.6 Å². The van der Waals surface area contributed by atoms with Crippen molar-refractivity contribution >= 4 is 17.3 Å². The van der Waals surface area contributed by atoms with Gasteiger partial charge in [0.1, 0.15) is 19.1 Å². The highest BCUT2D eigenvalue weighted by Crippen LogP contribution is 2.12. The summed E-state index contributed by atoms with van der Waals surface area (Å²) in [5.74, 6) is -0.261. The van der Waals surface area contributed by atoms with Crippen molar-refractivity contribution in [2.45, 2.75) is 13.3 Å². The highest BCUT2D eigenvalue weighted by molar-refractivity contribution is 6.04. The van der Waals surface area contributed by atoms with Gasteiger partial charge in [-0.05, 0) is 17.7 Å². The quantitative estimate of drug-likeness (QED) is 0.510. The Bertz CT molecular complexity index is 915. The first kappa shape index (κ1) is 17.3. The predicted octanol–water partition coefficient (Wildman–Crippen LogP) is 1.89. The van der Waals surface area contributed by atoms with Crippen LogP contribution in [0.5, 0.6) is 0 Å². The van der Waals surface area contributed by atoms with E-state index in [9.17, 15) is 14.9 Å². The van der Waals surface area contributed by atoms with Crippen LogP contribution in [-0.2, 0) is 18.0 Å². The lowest BCUT2D eigenvalue weighted by atomic mass is 10.1. The molecule has 2 aromatic heterocycles. The molecule has 0 fully saturated rings. The lowest BCUT2D eigenvalue weighted by Gasteiger charge is -2.05. The van der Waals surface area contributed by atoms with Gasteiger partial charge in [-0.3, -0.25) is 19.6 Å². The molecule has 0 saturated heterocycles. The maximum absolute atomic E-state index is 12.3. The third-order valence-electron chi connectivity index (χ3n) is 3.54. The van der Waals surface area contributed by atoms with E-state index in [1.807, 2.05) is 0 Å². The Morgan fingerprint density at radius 2 is 1.92 bits per heavy atom. The average molecular weight is 356 g/mol. The lowest BCUT2D eigenvalue weighted by Crippen LogP contribution is -2.11. The zero-order valence-corrected chi connectivity index (χ0v) is 13.9. The normalized spacial score (nSPS) is 10.7. The number of hydrogen-bond donors (Lipinski definition) is 1. The van der Waals surface area contributed by atoms with Crippen LogP contribution in [0, 0.1) is 10.1 Å². The number of nitro groups is 1. The highest BCUT2D eigenvalue weighted by atomic mass is 16.6. The first-order chi connectivity index (χ1) is 12.5. The van der Waals surface area contributed by atoms with Gasteiger partial charge in [-0.2, -0.15) is 10.2 Å². The minimum atomic E-state index is -0.494. The lowest BCUT2D eigenvalue weighted by molar-refractivity contribution is -0.385. The van der Waals surface area contributed by atoms with Crippen LogP contribution in [0.15, 0.2) is 49.1 Å². The van der Waals surface area contributed by atoms with Gasteiger partial charge in [0.2, 0.25) is 0 Å². The van der Waals surface area contributed by atoms with Crippen molar-refractivity contribution < 1.29 is 14.5 Å². The number of carbonyl (C=O) groups excluding carboxylic acids is 1. The van der Waals surface area contributed by atoms with Gasteiger partial charge < -0.3 is 10.1 Å². The number of nitrogens with zero attached hydrogens (tertiary/aromatic N) is 5. The third kappa shape index (κ3) is 4.11. The van der Waals surface area contributed by atoms with Crippen molar-refractivity contribution in [2.75, 3.05) is 12.4 Å². The summed E-state index contributed by atoms with van der Waals surface area (Å²) < 4.78 is 7.98. The Balaban J connectivity index is 1.62. The maximum Gasteiger partial charge on any atom is 0.307 e. The number of ether oxygens (including phenoxy) is 1. The predicted molar refractivity (Wildman–Crippen MR) is 91.6 cm³/mol. The number of carbonyl (C=O) groups is 1. The van der Waals surface area contributed by atoms with Gasteiger partial charge in [0.25, 0.3) is 5.91 Å². The Morgan fingerprint density at radius 3 is 2.58 bits per heavy atom. The van der Waals surface area contributed by atoms with Crippen molar-refractivity contribution in [3.8, 4) is 0 Å². The highest BCUT2D eigenvalue weighted by Gasteiger charge is 2.10. The summed E-state index contributed by atoms with van der Waals surface area (Å²) in [5.41, 5.74) is 1.86. The van der Waals surface area contributed by atoms with E-state index in [4.69, 9.17) is 4.74 Å². The van der Waals surface area contributed by atoms with Gasteiger partial charge >= 0.3 is 5.69 Å². The second-order valence-corrected chi connectivity index (χ2v) is 5.49. The van der Waals surface area contributed by atoms with E-state index in [0.29, 0.717) is 24.5 Å². The first-order valence-corrected chi connectivity index (χ1v) is 7.63. The molecule has 0 bridgehead atoms. The summed E-state index contributed by atoms with van der Waals surface area (Å²) in [5, 5.41) is 21.4. The molecule has 1 aromatic carbocycles. The molecule has 3 aromatic rings. The van der Waals surface area contributed by atoms with E-state index in [2.05, 4.69) is 15.5 Å². The molecule has 0 unspecified atom stereocenters. The number of aromatic nitrogens is 4. The fraction of sp³-hybridized carbons (Fsp3) is 0.188. The van der Waals surface area contributed by atoms with Crippen LogP contribution >= 0.6 is 0 Å². The third-order valence-corrected chi connectivity index (χ3v) is 3.54. The molecule has 0 spiro atoms. The summed E-state index contributed by atoms with van der Waals surface area (Å²) in [6.07, 6.45) is 5.76.